The number of nitrogens with zero attached hydrogens (tertiary/aromatic N) is 1. The fourth-order valence-corrected chi connectivity index (χ4v) is 1.98. The van der Waals surface area contributed by atoms with Gasteiger partial charge >= 0.3 is 0 Å². The first-order valence-corrected chi connectivity index (χ1v) is 6.47. The van der Waals surface area contributed by atoms with Crippen LogP contribution in [0.25, 0.3) is 10.9 Å². The predicted octanol–water partition coefficient (Wildman–Crippen LogP) is 3.27. The molecular formula is C15H19NO2. The maximum atomic E-state index is 10.8. The molecule has 0 saturated carbocycles. The number of aromatic nitrogens is 1. The van der Waals surface area contributed by atoms with Gasteiger partial charge in [0.1, 0.15) is 6.29 Å². The van der Waals surface area contributed by atoms with Crippen molar-refractivity contribution in [2.24, 2.45) is 0 Å². The summed E-state index contributed by atoms with van der Waals surface area (Å²) in [5.41, 5.74) is 1.81. The molecule has 2 aromatic rings. The third-order valence-corrected chi connectivity index (χ3v) is 3.05. The fraction of sp³-hybridized carbons (Fsp3) is 0.400. The van der Waals surface area contributed by atoms with Gasteiger partial charge in [0.2, 0.25) is 0 Å². The minimum atomic E-state index is 0.717. The van der Waals surface area contributed by atoms with E-state index in [-0.39, 0.29) is 0 Å². The average Bonchev–Trinajstić information content (AvgIpc) is 2.81. The van der Waals surface area contributed by atoms with Crippen molar-refractivity contribution in [1.29, 1.82) is 0 Å². The van der Waals surface area contributed by atoms with E-state index in [1.165, 1.54) is 0 Å². The van der Waals surface area contributed by atoms with Crippen LogP contribution in [-0.4, -0.2) is 24.1 Å². The molecule has 0 N–H and O–H groups in total. The summed E-state index contributed by atoms with van der Waals surface area (Å²) in [6.45, 7) is 4.53. The zero-order chi connectivity index (χ0) is 12.8. The Morgan fingerprint density at radius 1 is 1.28 bits per heavy atom. The highest BCUT2D eigenvalue weighted by Gasteiger charge is 2.02. The number of fused-ring (bicyclic) bond motifs is 1. The molecule has 1 aromatic carbocycles. The van der Waals surface area contributed by atoms with Crippen molar-refractivity contribution in [1.82, 2.24) is 4.57 Å². The first-order valence-electron chi connectivity index (χ1n) is 6.47. The number of aldehydes is 1. The highest BCUT2D eigenvalue weighted by molar-refractivity contribution is 5.87. The predicted molar refractivity (Wildman–Crippen MR) is 73.1 cm³/mol. The summed E-state index contributed by atoms with van der Waals surface area (Å²) in [6.07, 6.45) is 5.20. The number of carbonyl (C=O) groups is 1. The van der Waals surface area contributed by atoms with Crippen molar-refractivity contribution in [3.05, 3.63) is 36.0 Å². The number of benzene rings is 1. The van der Waals surface area contributed by atoms with Gasteiger partial charge in [-0.2, -0.15) is 0 Å². The van der Waals surface area contributed by atoms with Crippen LogP contribution in [0.3, 0.4) is 0 Å². The van der Waals surface area contributed by atoms with E-state index < -0.39 is 0 Å². The summed E-state index contributed by atoms with van der Waals surface area (Å²) < 4.78 is 7.70. The van der Waals surface area contributed by atoms with E-state index in [0.29, 0.717) is 5.56 Å². The first kappa shape index (κ1) is 12.8. The van der Waals surface area contributed by atoms with Crippen LogP contribution in [0.15, 0.2) is 30.5 Å². The van der Waals surface area contributed by atoms with Gasteiger partial charge in [0.15, 0.2) is 0 Å². The summed E-state index contributed by atoms with van der Waals surface area (Å²) in [6, 6.07) is 7.81. The molecular weight excluding hydrogens is 226 g/mol. The van der Waals surface area contributed by atoms with Gasteiger partial charge in [-0.15, -0.1) is 0 Å². The molecule has 3 heteroatoms. The molecule has 0 atom stereocenters. The van der Waals surface area contributed by atoms with Crippen LogP contribution < -0.4 is 0 Å². The second kappa shape index (κ2) is 6.36. The zero-order valence-electron chi connectivity index (χ0n) is 10.8. The van der Waals surface area contributed by atoms with Gasteiger partial charge < -0.3 is 9.30 Å². The average molecular weight is 245 g/mol. The van der Waals surface area contributed by atoms with Crippen LogP contribution in [0, 0.1) is 0 Å². The lowest BCUT2D eigenvalue weighted by molar-refractivity contribution is 0.112. The minimum absolute atomic E-state index is 0.717. The SMILES string of the molecule is CCCCOCCn1ccc2ccc(C=O)cc21. The Morgan fingerprint density at radius 3 is 2.94 bits per heavy atom. The molecule has 2 rings (SSSR count). The van der Waals surface area contributed by atoms with Crippen molar-refractivity contribution < 1.29 is 9.53 Å². The number of hydrogen-bond acceptors (Lipinski definition) is 2. The van der Waals surface area contributed by atoms with Gasteiger partial charge in [0.05, 0.1) is 6.61 Å². The molecule has 0 amide bonds. The van der Waals surface area contributed by atoms with Crippen LogP contribution in [0.5, 0.6) is 0 Å². The molecule has 3 nitrogen and oxygen atoms in total. The highest BCUT2D eigenvalue weighted by Crippen LogP contribution is 2.16. The third-order valence-electron chi connectivity index (χ3n) is 3.05. The van der Waals surface area contributed by atoms with Gasteiger partial charge in [-0.05, 0) is 23.9 Å². The number of hydrogen-bond donors (Lipinski definition) is 0. The molecule has 0 unspecified atom stereocenters. The monoisotopic (exact) mass is 245 g/mol. The van der Waals surface area contributed by atoms with Crippen molar-refractivity contribution in [2.45, 2.75) is 26.3 Å². The van der Waals surface area contributed by atoms with Gasteiger partial charge in [-0.25, -0.2) is 0 Å². The Hall–Kier alpha value is -1.61. The molecule has 1 aromatic heterocycles. The van der Waals surface area contributed by atoms with E-state index in [1.54, 1.807) is 0 Å². The molecule has 0 bridgehead atoms. The molecule has 0 aliphatic rings. The highest BCUT2D eigenvalue weighted by atomic mass is 16.5. The number of ether oxygens (including phenoxy) is 1. The smallest absolute Gasteiger partial charge is 0.150 e. The lowest BCUT2D eigenvalue weighted by Crippen LogP contribution is -2.05. The van der Waals surface area contributed by atoms with Gasteiger partial charge in [0, 0.05) is 30.4 Å². The summed E-state index contributed by atoms with van der Waals surface area (Å²) in [5, 5.41) is 1.16. The molecule has 0 aliphatic heterocycles. The van der Waals surface area contributed by atoms with Crippen LogP contribution in [0.2, 0.25) is 0 Å². The largest absolute Gasteiger partial charge is 0.380 e. The maximum absolute atomic E-state index is 10.8. The van der Waals surface area contributed by atoms with Gasteiger partial charge in [-0.1, -0.05) is 25.5 Å². The molecule has 18 heavy (non-hydrogen) atoms. The number of rotatable bonds is 7. The van der Waals surface area contributed by atoms with Crippen molar-refractivity contribution >= 4 is 17.2 Å². The quantitative estimate of drug-likeness (QED) is 0.553. The van der Waals surface area contributed by atoms with E-state index in [9.17, 15) is 4.79 Å². The first-order chi connectivity index (χ1) is 8.85. The molecule has 0 aliphatic carbocycles. The fourth-order valence-electron chi connectivity index (χ4n) is 1.98. The summed E-state index contributed by atoms with van der Waals surface area (Å²) in [4.78, 5) is 10.8. The van der Waals surface area contributed by atoms with E-state index in [2.05, 4.69) is 17.6 Å². The van der Waals surface area contributed by atoms with Crippen molar-refractivity contribution in [3.63, 3.8) is 0 Å². The Labute approximate surface area is 107 Å². The van der Waals surface area contributed by atoms with Gasteiger partial charge in [-0.3, -0.25) is 4.79 Å². The Morgan fingerprint density at radius 2 is 2.17 bits per heavy atom. The van der Waals surface area contributed by atoms with Crippen LogP contribution in [0.1, 0.15) is 30.1 Å². The van der Waals surface area contributed by atoms with E-state index in [0.717, 1.165) is 49.8 Å². The van der Waals surface area contributed by atoms with Crippen LogP contribution in [-0.2, 0) is 11.3 Å². The summed E-state index contributed by atoms with van der Waals surface area (Å²) in [7, 11) is 0. The molecule has 96 valence electrons. The topological polar surface area (TPSA) is 31.2 Å². The summed E-state index contributed by atoms with van der Waals surface area (Å²) >= 11 is 0. The summed E-state index contributed by atoms with van der Waals surface area (Å²) in [5.74, 6) is 0. The maximum Gasteiger partial charge on any atom is 0.150 e. The number of carbonyl (C=O) groups excluding carboxylic acids is 1. The van der Waals surface area contributed by atoms with Gasteiger partial charge in [0.25, 0.3) is 0 Å². The molecule has 0 radical (unpaired) electrons. The molecule has 1 heterocycles. The number of unbranched alkanes of at least 4 members (excludes halogenated alkanes) is 1. The van der Waals surface area contributed by atoms with E-state index >= 15 is 0 Å². The van der Waals surface area contributed by atoms with E-state index in [4.69, 9.17) is 4.74 Å². The molecule has 0 saturated heterocycles. The lowest BCUT2D eigenvalue weighted by Gasteiger charge is -2.06. The Kier molecular flexibility index (Phi) is 4.53. The normalized spacial score (nSPS) is 10.9. The standard InChI is InChI=1S/C15H19NO2/c1-2-3-9-18-10-8-16-7-6-14-5-4-13(12-17)11-15(14)16/h4-7,11-12H,2-3,8-10H2,1H3. The zero-order valence-corrected chi connectivity index (χ0v) is 10.8. The third kappa shape index (κ3) is 2.99. The second-order valence-electron chi connectivity index (χ2n) is 4.41. The second-order valence-corrected chi connectivity index (χ2v) is 4.41. The lowest BCUT2D eigenvalue weighted by atomic mass is 10.2. The Balaban J connectivity index is 2.01. The Bertz CT molecular complexity index is 516. The minimum Gasteiger partial charge on any atom is -0.380 e. The van der Waals surface area contributed by atoms with Crippen LogP contribution >= 0.6 is 0 Å². The van der Waals surface area contributed by atoms with Crippen LogP contribution in [0.4, 0.5) is 0 Å². The van der Waals surface area contributed by atoms with Crippen molar-refractivity contribution in [2.75, 3.05) is 13.2 Å². The van der Waals surface area contributed by atoms with Crippen molar-refractivity contribution in [3.8, 4) is 0 Å². The molecule has 0 spiro atoms. The molecule has 0 fully saturated rings. The van der Waals surface area contributed by atoms with E-state index in [1.807, 2.05) is 24.4 Å².